The van der Waals surface area contributed by atoms with Gasteiger partial charge in [0.2, 0.25) is 0 Å². The lowest BCUT2D eigenvalue weighted by Gasteiger charge is -2.03. The molecule has 0 atom stereocenters. The molecule has 0 spiro atoms. The van der Waals surface area contributed by atoms with Gasteiger partial charge in [-0.2, -0.15) is 0 Å². The van der Waals surface area contributed by atoms with Crippen molar-refractivity contribution in [3.05, 3.63) is 52.9 Å². The summed E-state index contributed by atoms with van der Waals surface area (Å²) >= 11 is 1.50. The van der Waals surface area contributed by atoms with E-state index in [1.807, 2.05) is 29.6 Å². The van der Waals surface area contributed by atoms with Crippen molar-refractivity contribution >= 4 is 22.2 Å². The van der Waals surface area contributed by atoms with Gasteiger partial charge in [-0.3, -0.25) is 4.79 Å². The first-order chi connectivity index (χ1) is 7.79. The van der Waals surface area contributed by atoms with Crippen molar-refractivity contribution in [3.63, 3.8) is 0 Å². The number of rotatable bonds is 3. The highest BCUT2D eigenvalue weighted by Crippen LogP contribution is 2.16. The maximum Gasteiger partial charge on any atom is 0.256 e. The molecule has 0 aliphatic carbocycles. The van der Waals surface area contributed by atoms with Gasteiger partial charge in [-0.1, -0.05) is 12.1 Å². The molecule has 1 amide bonds. The molecule has 82 valence electrons. The van der Waals surface area contributed by atoms with E-state index in [0.717, 1.165) is 10.6 Å². The molecule has 0 aliphatic rings. The number of hydrogen-bond donors (Lipinski definition) is 2. The average molecular weight is 232 g/mol. The van der Waals surface area contributed by atoms with E-state index in [0.29, 0.717) is 12.1 Å². The minimum atomic E-state index is -0.0916. The number of hydrogen-bond acceptors (Lipinski definition) is 3. The summed E-state index contributed by atoms with van der Waals surface area (Å²) in [5.41, 5.74) is 7.15. The Bertz CT molecular complexity index is 462. The van der Waals surface area contributed by atoms with Crippen LogP contribution in [0.2, 0.25) is 0 Å². The van der Waals surface area contributed by atoms with E-state index in [1.165, 1.54) is 11.3 Å². The lowest BCUT2D eigenvalue weighted by atomic mass is 10.1. The van der Waals surface area contributed by atoms with Crippen LogP contribution in [-0.4, -0.2) is 5.91 Å². The molecule has 1 aromatic heterocycles. The van der Waals surface area contributed by atoms with Crippen molar-refractivity contribution in [2.45, 2.75) is 6.54 Å². The first kappa shape index (κ1) is 10.9. The van der Waals surface area contributed by atoms with Gasteiger partial charge in [-0.15, -0.1) is 11.3 Å². The second kappa shape index (κ2) is 4.92. The summed E-state index contributed by atoms with van der Waals surface area (Å²) < 4.78 is 0. The Morgan fingerprint density at radius 2 is 2.00 bits per heavy atom. The van der Waals surface area contributed by atoms with Crippen molar-refractivity contribution in [2.75, 3.05) is 5.32 Å². The third kappa shape index (κ3) is 2.48. The number of anilines is 1. The standard InChI is InChI=1S/C12H12N2OS/c13-8-9-3-5-10(6-4-9)12(15)14-11-2-1-7-16-11/h1-7H,8,13H2,(H,14,15). The molecule has 0 unspecified atom stereocenters. The molecular formula is C12H12N2OS. The van der Waals surface area contributed by atoms with Crippen LogP contribution in [0.1, 0.15) is 15.9 Å². The van der Waals surface area contributed by atoms with Crippen LogP contribution in [0.5, 0.6) is 0 Å². The van der Waals surface area contributed by atoms with Gasteiger partial charge in [-0.05, 0) is 35.2 Å². The molecule has 0 bridgehead atoms. The van der Waals surface area contributed by atoms with Crippen LogP contribution >= 0.6 is 11.3 Å². The molecule has 4 heteroatoms. The molecule has 3 N–H and O–H groups in total. The Balaban J connectivity index is 2.09. The summed E-state index contributed by atoms with van der Waals surface area (Å²) in [6, 6.07) is 11.1. The zero-order valence-electron chi connectivity index (χ0n) is 8.64. The first-order valence-corrected chi connectivity index (χ1v) is 5.81. The van der Waals surface area contributed by atoms with Gasteiger partial charge in [0.05, 0.1) is 5.00 Å². The lowest BCUT2D eigenvalue weighted by Crippen LogP contribution is -2.10. The van der Waals surface area contributed by atoms with E-state index < -0.39 is 0 Å². The van der Waals surface area contributed by atoms with Gasteiger partial charge in [0.25, 0.3) is 5.91 Å². The minimum absolute atomic E-state index is 0.0916. The van der Waals surface area contributed by atoms with Gasteiger partial charge in [0.15, 0.2) is 0 Å². The third-order valence-electron chi connectivity index (χ3n) is 2.21. The van der Waals surface area contributed by atoms with E-state index in [-0.39, 0.29) is 5.91 Å². The molecule has 3 nitrogen and oxygen atoms in total. The maximum atomic E-state index is 11.8. The fraction of sp³-hybridized carbons (Fsp3) is 0.0833. The number of carbonyl (C=O) groups excluding carboxylic acids is 1. The SMILES string of the molecule is NCc1ccc(C(=O)Nc2cccs2)cc1. The maximum absolute atomic E-state index is 11.8. The number of amides is 1. The van der Waals surface area contributed by atoms with E-state index in [4.69, 9.17) is 5.73 Å². The van der Waals surface area contributed by atoms with Crippen LogP contribution in [-0.2, 0) is 6.54 Å². The summed E-state index contributed by atoms with van der Waals surface area (Å²) in [4.78, 5) is 11.8. The van der Waals surface area contributed by atoms with Crippen molar-refractivity contribution in [2.24, 2.45) is 5.73 Å². The van der Waals surface area contributed by atoms with Crippen LogP contribution in [0.15, 0.2) is 41.8 Å². The van der Waals surface area contributed by atoms with Crippen molar-refractivity contribution in [3.8, 4) is 0 Å². The second-order valence-electron chi connectivity index (χ2n) is 3.33. The van der Waals surface area contributed by atoms with Gasteiger partial charge >= 0.3 is 0 Å². The molecule has 1 heterocycles. The Morgan fingerprint density at radius 3 is 2.56 bits per heavy atom. The molecule has 2 rings (SSSR count). The van der Waals surface area contributed by atoms with Gasteiger partial charge in [0, 0.05) is 12.1 Å². The smallest absolute Gasteiger partial charge is 0.256 e. The number of carbonyl (C=O) groups is 1. The molecular weight excluding hydrogens is 220 g/mol. The second-order valence-corrected chi connectivity index (χ2v) is 4.28. The molecule has 16 heavy (non-hydrogen) atoms. The van der Waals surface area contributed by atoms with E-state index in [1.54, 1.807) is 12.1 Å². The fourth-order valence-electron chi connectivity index (χ4n) is 1.33. The Morgan fingerprint density at radius 1 is 1.25 bits per heavy atom. The molecule has 0 aliphatic heterocycles. The summed E-state index contributed by atoms with van der Waals surface area (Å²) in [5, 5.41) is 5.60. The molecule has 1 aromatic carbocycles. The fourth-order valence-corrected chi connectivity index (χ4v) is 1.94. The topological polar surface area (TPSA) is 55.1 Å². The Labute approximate surface area is 97.9 Å². The molecule has 0 saturated heterocycles. The van der Waals surface area contributed by atoms with E-state index >= 15 is 0 Å². The van der Waals surface area contributed by atoms with Crippen LogP contribution < -0.4 is 11.1 Å². The predicted octanol–water partition coefficient (Wildman–Crippen LogP) is 2.46. The van der Waals surface area contributed by atoms with Crippen molar-refractivity contribution < 1.29 is 4.79 Å². The molecule has 0 saturated carbocycles. The largest absolute Gasteiger partial charge is 0.326 e. The number of thiophene rings is 1. The zero-order chi connectivity index (χ0) is 11.4. The van der Waals surface area contributed by atoms with E-state index in [9.17, 15) is 4.79 Å². The number of benzene rings is 1. The Kier molecular flexibility index (Phi) is 3.34. The summed E-state index contributed by atoms with van der Waals surface area (Å²) in [7, 11) is 0. The number of nitrogens with one attached hydrogen (secondary N) is 1. The van der Waals surface area contributed by atoms with E-state index in [2.05, 4.69) is 5.32 Å². The quantitative estimate of drug-likeness (QED) is 0.854. The predicted molar refractivity (Wildman–Crippen MR) is 66.6 cm³/mol. The average Bonchev–Trinajstić information content (AvgIpc) is 2.82. The minimum Gasteiger partial charge on any atom is -0.326 e. The molecule has 2 aromatic rings. The highest BCUT2D eigenvalue weighted by Gasteiger charge is 2.05. The highest BCUT2D eigenvalue weighted by atomic mass is 32.1. The zero-order valence-corrected chi connectivity index (χ0v) is 9.46. The van der Waals surface area contributed by atoms with Crippen molar-refractivity contribution in [1.82, 2.24) is 0 Å². The van der Waals surface area contributed by atoms with Gasteiger partial charge in [-0.25, -0.2) is 0 Å². The molecule has 0 radical (unpaired) electrons. The van der Waals surface area contributed by atoms with Crippen LogP contribution in [0.4, 0.5) is 5.00 Å². The third-order valence-corrected chi connectivity index (χ3v) is 3.00. The van der Waals surface area contributed by atoms with Gasteiger partial charge in [0.1, 0.15) is 0 Å². The van der Waals surface area contributed by atoms with Crippen LogP contribution in [0.3, 0.4) is 0 Å². The monoisotopic (exact) mass is 232 g/mol. The van der Waals surface area contributed by atoms with Crippen LogP contribution in [0.25, 0.3) is 0 Å². The van der Waals surface area contributed by atoms with Crippen LogP contribution in [0, 0.1) is 0 Å². The first-order valence-electron chi connectivity index (χ1n) is 4.93. The highest BCUT2D eigenvalue weighted by molar-refractivity contribution is 7.14. The van der Waals surface area contributed by atoms with Crippen molar-refractivity contribution in [1.29, 1.82) is 0 Å². The lowest BCUT2D eigenvalue weighted by molar-refractivity contribution is 0.102. The normalized spacial score (nSPS) is 10.1. The summed E-state index contributed by atoms with van der Waals surface area (Å²) in [6.45, 7) is 0.493. The number of nitrogens with two attached hydrogens (primary N) is 1. The molecule has 0 fully saturated rings. The summed E-state index contributed by atoms with van der Waals surface area (Å²) in [6.07, 6.45) is 0. The van der Waals surface area contributed by atoms with Gasteiger partial charge < -0.3 is 11.1 Å². The summed E-state index contributed by atoms with van der Waals surface area (Å²) in [5.74, 6) is -0.0916. The Hall–Kier alpha value is -1.65.